The van der Waals surface area contributed by atoms with E-state index in [1.807, 2.05) is 6.92 Å². The Hall–Kier alpha value is -1.90. The van der Waals surface area contributed by atoms with E-state index in [1.165, 1.54) is 12.1 Å². The Kier molecular flexibility index (Phi) is 5.63. The summed E-state index contributed by atoms with van der Waals surface area (Å²) in [7, 11) is 3.40. The van der Waals surface area contributed by atoms with Gasteiger partial charge in [0, 0.05) is 31.1 Å². The molecule has 0 aliphatic carbocycles. The summed E-state index contributed by atoms with van der Waals surface area (Å²) in [5.41, 5.74) is 1.08. The Morgan fingerprint density at radius 2 is 2.00 bits per heavy atom. The lowest BCUT2D eigenvalue weighted by Gasteiger charge is -2.21. The monoisotopic (exact) mass is 370 g/mol. The summed E-state index contributed by atoms with van der Waals surface area (Å²) in [6, 6.07) is 2.99. The third-order valence-corrected chi connectivity index (χ3v) is 4.53. The fourth-order valence-electron chi connectivity index (χ4n) is 2.54. The second-order valence-corrected chi connectivity index (χ2v) is 6.67. The Bertz CT molecular complexity index is 857. The number of halogens is 1. The first-order valence-corrected chi connectivity index (χ1v) is 8.78. The largest absolute Gasteiger partial charge is 0.772 e. The number of rotatable bonds is 6. The molecule has 0 aliphatic rings. The third-order valence-electron chi connectivity index (χ3n) is 3.60. The van der Waals surface area contributed by atoms with Crippen LogP contribution in [0.3, 0.4) is 0 Å². The van der Waals surface area contributed by atoms with Crippen molar-refractivity contribution < 1.29 is 13.6 Å². The molecule has 130 valence electrons. The molecule has 0 amide bonds. The number of nitrogens with zero attached hydrogens (tertiary/aromatic N) is 1. The Morgan fingerprint density at radius 1 is 1.33 bits per heavy atom. The van der Waals surface area contributed by atoms with Gasteiger partial charge >= 0.3 is 0 Å². The van der Waals surface area contributed by atoms with Crippen LogP contribution in [0, 0.1) is 0 Å². The number of ketones is 1. The summed E-state index contributed by atoms with van der Waals surface area (Å²) in [5, 5.41) is 5.19. The molecular weight excluding hydrogens is 354 g/mol. The first-order chi connectivity index (χ1) is 11.3. The van der Waals surface area contributed by atoms with Crippen molar-refractivity contribution in [2.75, 3.05) is 19.0 Å². The average molecular weight is 371 g/mol. The number of aromatic amines is 2. The van der Waals surface area contributed by atoms with Crippen LogP contribution in [0.2, 0.25) is 5.02 Å². The smallest absolute Gasteiger partial charge is 0.275 e. The lowest BCUT2D eigenvalue weighted by atomic mass is 10.00. The van der Waals surface area contributed by atoms with Crippen molar-refractivity contribution in [3.8, 4) is 0 Å². The second-order valence-electron chi connectivity index (χ2n) is 5.39. The predicted molar refractivity (Wildman–Crippen MR) is 92.6 cm³/mol. The van der Waals surface area contributed by atoms with Gasteiger partial charge in [-0.1, -0.05) is 35.7 Å². The molecule has 9 heteroatoms. The molecule has 0 bridgehead atoms. The van der Waals surface area contributed by atoms with Crippen molar-refractivity contribution in [1.82, 2.24) is 10.2 Å². The maximum absolute atomic E-state index is 12.8. The van der Waals surface area contributed by atoms with Crippen LogP contribution in [0.4, 0.5) is 5.69 Å². The van der Waals surface area contributed by atoms with Gasteiger partial charge in [0.25, 0.3) is 5.56 Å². The number of carbonyl (C=O) groups excluding carboxylic acids is 1. The maximum Gasteiger partial charge on any atom is 0.275 e. The lowest BCUT2D eigenvalue weighted by molar-refractivity contribution is 0.103. The van der Waals surface area contributed by atoms with E-state index < -0.39 is 22.4 Å². The van der Waals surface area contributed by atoms with Crippen LogP contribution in [0.5, 0.6) is 0 Å². The number of H-pyrrole nitrogens is 2. The van der Waals surface area contributed by atoms with E-state index in [1.54, 1.807) is 19.0 Å². The molecule has 1 aromatic carbocycles. The fourth-order valence-corrected chi connectivity index (χ4v) is 3.47. The highest BCUT2D eigenvalue weighted by atomic mass is 35.5. The van der Waals surface area contributed by atoms with Crippen LogP contribution in [0.15, 0.2) is 16.9 Å². The first kappa shape index (κ1) is 18.4. The van der Waals surface area contributed by atoms with Gasteiger partial charge in [0.15, 0.2) is 0 Å². The molecule has 1 atom stereocenters. The van der Waals surface area contributed by atoms with Gasteiger partial charge in [0.2, 0.25) is 5.78 Å². The maximum atomic E-state index is 12.8. The molecule has 2 rings (SSSR count). The summed E-state index contributed by atoms with van der Waals surface area (Å²) in [4.78, 5) is 26.3. The zero-order valence-corrected chi connectivity index (χ0v) is 15.0. The predicted octanol–water partition coefficient (Wildman–Crippen LogP) is 1.59. The van der Waals surface area contributed by atoms with Crippen molar-refractivity contribution in [1.29, 1.82) is 0 Å². The summed E-state index contributed by atoms with van der Waals surface area (Å²) < 4.78 is 22.0. The molecule has 1 heterocycles. The van der Waals surface area contributed by atoms with E-state index in [0.29, 0.717) is 23.4 Å². The molecule has 24 heavy (non-hydrogen) atoms. The van der Waals surface area contributed by atoms with Gasteiger partial charge in [-0.25, -0.2) is 0 Å². The van der Waals surface area contributed by atoms with Gasteiger partial charge in [-0.2, -0.15) is 0 Å². The Morgan fingerprint density at radius 3 is 2.54 bits per heavy atom. The molecule has 1 unspecified atom stereocenters. The van der Waals surface area contributed by atoms with Crippen LogP contribution < -0.4 is 10.5 Å². The van der Waals surface area contributed by atoms with Crippen LogP contribution in [0.1, 0.15) is 34.1 Å². The molecule has 0 saturated heterocycles. The highest BCUT2D eigenvalue weighted by Crippen LogP contribution is 2.34. The highest BCUT2D eigenvalue weighted by Gasteiger charge is 2.24. The molecule has 0 aliphatic heterocycles. The molecule has 2 aromatic rings. The van der Waals surface area contributed by atoms with Gasteiger partial charge in [-0.15, -0.1) is 0 Å². The van der Waals surface area contributed by atoms with Crippen LogP contribution in [0.25, 0.3) is 0 Å². The minimum absolute atomic E-state index is 0.0178. The van der Waals surface area contributed by atoms with E-state index in [0.717, 1.165) is 0 Å². The topological polar surface area (TPSA) is 109 Å². The fraction of sp³-hybridized carbons (Fsp3) is 0.333. The van der Waals surface area contributed by atoms with Crippen molar-refractivity contribution in [2.24, 2.45) is 0 Å². The van der Waals surface area contributed by atoms with Gasteiger partial charge in [0.1, 0.15) is 5.56 Å². The minimum Gasteiger partial charge on any atom is -0.772 e. The van der Waals surface area contributed by atoms with E-state index in [-0.39, 0.29) is 21.9 Å². The van der Waals surface area contributed by atoms with Crippen LogP contribution in [-0.4, -0.2) is 38.8 Å². The molecule has 0 spiro atoms. The molecule has 1 aromatic heterocycles. The standard InChI is InChI=1S/C15H18ClN3O4S/c1-4-10-11(15(21)18-17-10)14(20)9-6-5-8(7-24(22)23)13(12(9)16)19(2)3/h5-6H,4,7H2,1-3H3,(H,22,23)(H2,17,18,21)/p-1. The Labute approximate surface area is 146 Å². The molecule has 0 radical (unpaired) electrons. The van der Waals surface area contributed by atoms with Crippen molar-refractivity contribution in [3.63, 3.8) is 0 Å². The number of carbonyl (C=O) groups is 1. The molecule has 0 fully saturated rings. The second kappa shape index (κ2) is 7.33. The number of aromatic nitrogens is 2. The quantitative estimate of drug-likeness (QED) is 0.592. The Balaban J connectivity index is 2.61. The first-order valence-electron chi connectivity index (χ1n) is 7.16. The zero-order chi connectivity index (χ0) is 18.0. The summed E-state index contributed by atoms with van der Waals surface area (Å²) in [6.45, 7) is 1.81. The summed E-state index contributed by atoms with van der Waals surface area (Å²) >= 11 is 4.08. The third kappa shape index (κ3) is 3.45. The normalized spacial score (nSPS) is 12.2. The zero-order valence-electron chi connectivity index (χ0n) is 13.4. The van der Waals surface area contributed by atoms with E-state index >= 15 is 0 Å². The van der Waals surface area contributed by atoms with Gasteiger partial charge in [-0.3, -0.25) is 18.9 Å². The minimum atomic E-state index is -2.29. The lowest BCUT2D eigenvalue weighted by Crippen LogP contribution is -2.18. The van der Waals surface area contributed by atoms with Crippen LogP contribution >= 0.6 is 11.6 Å². The van der Waals surface area contributed by atoms with E-state index in [2.05, 4.69) is 10.2 Å². The van der Waals surface area contributed by atoms with Crippen LogP contribution in [-0.2, 0) is 23.3 Å². The number of nitrogens with one attached hydrogen (secondary N) is 2. The van der Waals surface area contributed by atoms with Crippen molar-refractivity contribution in [2.45, 2.75) is 19.1 Å². The molecule has 2 N–H and O–H groups in total. The average Bonchev–Trinajstić information content (AvgIpc) is 2.86. The molecule has 7 nitrogen and oxygen atoms in total. The van der Waals surface area contributed by atoms with Gasteiger partial charge in [0.05, 0.1) is 10.7 Å². The van der Waals surface area contributed by atoms with Crippen molar-refractivity contribution in [3.05, 3.63) is 49.9 Å². The number of benzene rings is 1. The summed E-state index contributed by atoms with van der Waals surface area (Å²) in [5.74, 6) is -0.718. The number of hydrogen-bond donors (Lipinski definition) is 2. The highest BCUT2D eigenvalue weighted by molar-refractivity contribution is 7.78. The SMILES string of the molecule is CCc1[nH][nH]c(=O)c1C(=O)c1ccc(CS(=O)[O-])c(N(C)C)c1Cl. The number of anilines is 1. The summed E-state index contributed by atoms with van der Waals surface area (Å²) in [6.07, 6.45) is 0.477. The van der Waals surface area contributed by atoms with Gasteiger partial charge < -0.3 is 14.6 Å². The number of aryl methyl sites for hydroxylation is 1. The number of hydrogen-bond acceptors (Lipinski definition) is 5. The van der Waals surface area contributed by atoms with E-state index in [9.17, 15) is 18.4 Å². The molecular formula is C15H17ClN3O4S-. The molecule has 0 saturated carbocycles. The van der Waals surface area contributed by atoms with Gasteiger partial charge in [-0.05, 0) is 18.1 Å². The van der Waals surface area contributed by atoms with Crippen molar-refractivity contribution >= 4 is 34.2 Å². The van der Waals surface area contributed by atoms with E-state index in [4.69, 9.17) is 11.6 Å².